The standard InChI is InChI=1S/C19H24O8S/c1-12(2)25-19-18(28(22,23)15-8-6-5-7-9-15)10-16(26-14(4)21)17(27-19)11-24-13(3)20/h5-10,12,16-17,19H,11H2,1-4H3/t16-,17+,19-/m0/s1. The maximum Gasteiger partial charge on any atom is 0.303 e. The minimum Gasteiger partial charge on any atom is -0.463 e. The van der Waals surface area contributed by atoms with Gasteiger partial charge in [0, 0.05) is 13.8 Å². The zero-order valence-electron chi connectivity index (χ0n) is 16.2. The fourth-order valence-electron chi connectivity index (χ4n) is 2.58. The SMILES string of the molecule is CC(=O)OC[C@H]1O[C@H](OC(C)C)C(S(=O)(=O)c2ccccc2)=C[C@@H]1OC(C)=O. The number of benzene rings is 1. The van der Waals surface area contributed by atoms with Gasteiger partial charge in [-0.05, 0) is 32.1 Å². The van der Waals surface area contributed by atoms with Crippen LogP contribution in [0.5, 0.6) is 0 Å². The highest BCUT2D eigenvalue weighted by molar-refractivity contribution is 7.95. The van der Waals surface area contributed by atoms with Crippen LogP contribution in [0.15, 0.2) is 46.2 Å². The highest BCUT2D eigenvalue weighted by Crippen LogP contribution is 2.31. The summed E-state index contributed by atoms with van der Waals surface area (Å²) in [5.41, 5.74) is 0. The van der Waals surface area contributed by atoms with Crippen LogP contribution in [0.2, 0.25) is 0 Å². The summed E-state index contributed by atoms with van der Waals surface area (Å²) in [5, 5.41) is 0. The molecule has 0 fully saturated rings. The first-order valence-corrected chi connectivity index (χ1v) is 10.2. The van der Waals surface area contributed by atoms with Crippen molar-refractivity contribution in [2.45, 2.75) is 57.2 Å². The molecule has 0 aromatic heterocycles. The molecule has 0 aliphatic carbocycles. The van der Waals surface area contributed by atoms with Crippen molar-refractivity contribution in [1.82, 2.24) is 0 Å². The highest BCUT2D eigenvalue weighted by atomic mass is 32.2. The molecule has 0 N–H and O–H groups in total. The van der Waals surface area contributed by atoms with Crippen LogP contribution >= 0.6 is 0 Å². The number of rotatable bonds is 7. The van der Waals surface area contributed by atoms with E-state index >= 15 is 0 Å². The number of esters is 2. The van der Waals surface area contributed by atoms with Crippen LogP contribution in [0.3, 0.4) is 0 Å². The van der Waals surface area contributed by atoms with E-state index in [2.05, 4.69) is 0 Å². The van der Waals surface area contributed by atoms with Gasteiger partial charge in [-0.3, -0.25) is 9.59 Å². The molecule has 28 heavy (non-hydrogen) atoms. The maximum atomic E-state index is 13.1. The van der Waals surface area contributed by atoms with Gasteiger partial charge in [-0.2, -0.15) is 0 Å². The van der Waals surface area contributed by atoms with Crippen molar-refractivity contribution in [3.63, 3.8) is 0 Å². The summed E-state index contributed by atoms with van der Waals surface area (Å²) in [6.07, 6.45) is -2.27. The number of ether oxygens (including phenoxy) is 4. The quantitative estimate of drug-likeness (QED) is 0.626. The first kappa shape index (κ1) is 22.1. The van der Waals surface area contributed by atoms with Gasteiger partial charge in [-0.25, -0.2) is 8.42 Å². The molecular weight excluding hydrogens is 388 g/mol. The van der Waals surface area contributed by atoms with E-state index in [1.165, 1.54) is 32.1 Å². The van der Waals surface area contributed by atoms with Gasteiger partial charge in [0.1, 0.15) is 17.6 Å². The van der Waals surface area contributed by atoms with Gasteiger partial charge in [-0.1, -0.05) is 18.2 Å². The van der Waals surface area contributed by atoms with E-state index in [4.69, 9.17) is 18.9 Å². The van der Waals surface area contributed by atoms with Gasteiger partial charge in [-0.15, -0.1) is 0 Å². The minimum absolute atomic E-state index is 0.0576. The lowest BCUT2D eigenvalue weighted by molar-refractivity contribution is -0.207. The molecule has 0 spiro atoms. The monoisotopic (exact) mass is 412 g/mol. The third kappa shape index (κ3) is 5.63. The molecule has 0 bridgehead atoms. The predicted octanol–water partition coefficient (Wildman–Crippen LogP) is 1.99. The summed E-state index contributed by atoms with van der Waals surface area (Å²) in [6.45, 7) is 5.66. The van der Waals surface area contributed by atoms with Gasteiger partial charge in [0.15, 0.2) is 12.4 Å². The Labute approximate surface area is 164 Å². The molecule has 1 heterocycles. The van der Waals surface area contributed by atoms with Gasteiger partial charge < -0.3 is 18.9 Å². The van der Waals surface area contributed by atoms with E-state index in [-0.39, 0.29) is 22.5 Å². The lowest BCUT2D eigenvalue weighted by Crippen LogP contribution is -2.46. The Bertz CT molecular complexity index is 829. The smallest absolute Gasteiger partial charge is 0.303 e. The van der Waals surface area contributed by atoms with Crippen molar-refractivity contribution >= 4 is 21.8 Å². The van der Waals surface area contributed by atoms with Crippen molar-refractivity contribution in [3.8, 4) is 0 Å². The topological polar surface area (TPSA) is 105 Å². The summed E-state index contributed by atoms with van der Waals surface area (Å²) < 4.78 is 47.8. The summed E-state index contributed by atoms with van der Waals surface area (Å²) in [4.78, 5) is 22.5. The molecule has 0 saturated heterocycles. The van der Waals surface area contributed by atoms with Crippen LogP contribution < -0.4 is 0 Å². The lowest BCUT2D eigenvalue weighted by atomic mass is 10.1. The fourth-order valence-corrected chi connectivity index (χ4v) is 4.05. The zero-order chi connectivity index (χ0) is 20.9. The molecule has 2 rings (SSSR count). The van der Waals surface area contributed by atoms with E-state index in [1.807, 2.05) is 0 Å². The average molecular weight is 412 g/mol. The van der Waals surface area contributed by atoms with Crippen LogP contribution in [0.1, 0.15) is 27.7 Å². The highest BCUT2D eigenvalue weighted by Gasteiger charge is 2.41. The largest absolute Gasteiger partial charge is 0.463 e. The van der Waals surface area contributed by atoms with Crippen molar-refractivity contribution in [2.24, 2.45) is 0 Å². The summed E-state index contributed by atoms with van der Waals surface area (Å²) in [5.74, 6) is -1.17. The third-order valence-electron chi connectivity index (χ3n) is 3.74. The number of hydrogen-bond donors (Lipinski definition) is 0. The van der Waals surface area contributed by atoms with Crippen molar-refractivity contribution in [3.05, 3.63) is 41.3 Å². The molecule has 1 aromatic carbocycles. The van der Waals surface area contributed by atoms with Gasteiger partial charge in [0.25, 0.3) is 0 Å². The van der Waals surface area contributed by atoms with E-state index in [1.54, 1.807) is 32.0 Å². The Morgan fingerprint density at radius 3 is 2.29 bits per heavy atom. The molecule has 0 unspecified atom stereocenters. The first-order chi connectivity index (χ1) is 13.1. The molecule has 9 heteroatoms. The van der Waals surface area contributed by atoms with E-state index in [0.29, 0.717) is 0 Å². The summed E-state index contributed by atoms with van der Waals surface area (Å²) >= 11 is 0. The first-order valence-electron chi connectivity index (χ1n) is 8.74. The van der Waals surface area contributed by atoms with E-state index < -0.39 is 40.3 Å². The molecule has 0 amide bonds. The van der Waals surface area contributed by atoms with Gasteiger partial charge >= 0.3 is 11.9 Å². The minimum atomic E-state index is -3.97. The number of sulfone groups is 1. The zero-order valence-corrected chi connectivity index (χ0v) is 17.0. The van der Waals surface area contributed by atoms with Crippen molar-refractivity contribution in [2.75, 3.05) is 6.61 Å². The molecular formula is C19H24O8S. The van der Waals surface area contributed by atoms with E-state index in [0.717, 1.165) is 0 Å². The fraction of sp³-hybridized carbons (Fsp3) is 0.474. The number of carbonyl (C=O) groups is 2. The normalized spacial score (nSPS) is 22.5. The predicted molar refractivity (Wildman–Crippen MR) is 98.8 cm³/mol. The maximum absolute atomic E-state index is 13.1. The van der Waals surface area contributed by atoms with Crippen LogP contribution in [-0.2, 0) is 38.4 Å². The molecule has 1 aliphatic heterocycles. The molecule has 0 saturated carbocycles. The molecule has 8 nitrogen and oxygen atoms in total. The van der Waals surface area contributed by atoms with Gasteiger partial charge in [0.2, 0.25) is 9.84 Å². The van der Waals surface area contributed by atoms with Gasteiger partial charge in [0.05, 0.1) is 11.0 Å². The Morgan fingerprint density at radius 1 is 1.11 bits per heavy atom. The van der Waals surface area contributed by atoms with Crippen LogP contribution in [-0.4, -0.2) is 51.6 Å². The summed E-state index contributed by atoms with van der Waals surface area (Å²) in [7, 11) is -3.97. The second kappa shape index (κ2) is 9.31. The number of carbonyl (C=O) groups excluding carboxylic acids is 2. The van der Waals surface area contributed by atoms with E-state index in [9.17, 15) is 18.0 Å². The average Bonchev–Trinajstić information content (AvgIpc) is 2.61. The third-order valence-corrected chi connectivity index (χ3v) is 5.58. The summed E-state index contributed by atoms with van der Waals surface area (Å²) in [6, 6.07) is 7.80. The molecule has 1 aliphatic rings. The Balaban J connectivity index is 2.48. The van der Waals surface area contributed by atoms with Crippen LogP contribution in [0.4, 0.5) is 0 Å². The van der Waals surface area contributed by atoms with Crippen molar-refractivity contribution in [1.29, 1.82) is 0 Å². The van der Waals surface area contributed by atoms with Crippen molar-refractivity contribution < 1.29 is 37.0 Å². The molecule has 154 valence electrons. The molecule has 3 atom stereocenters. The van der Waals surface area contributed by atoms with Crippen LogP contribution in [0.25, 0.3) is 0 Å². The number of hydrogen-bond acceptors (Lipinski definition) is 8. The Morgan fingerprint density at radius 2 is 1.75 bits per heavy atom. The second-order valence-corrected chi connectivity index (χ2v) is 8.40. The Kier molecular flexibility index (Phi) is 7.34. The second-order valence-electron chi connectivity index (χ2n) is 6.45. The van der Waals surface area contributed by atoms with Crippen LogP contribution in [0, 0.1) is 0 Å². The molecule has 0 radical (unpaired) electrons. The Hall–Kier alpha value is -2.23. The molecule has 1 aromatic rings. The lowest BCUT2D eigenvalue weighted by Gasteiger charge is -2.35.